The molecular weight excluding hydrogens is 214 g/mol. The molecule has 4 nitrogen and oxygen atoms in total. The highest BCUT2D eigenvalue weighted by atomic mass is 35.5. The number of rotatable bonds is 1. The van der Waals surface area contributed by atoms with E-state index in [4.69, 9.17) is 5.73 Å². The molecule has 80 valence electrons. The Bertz CT molecular complexity index is 366. The molecule has 1 atom stereocenters. The summed E-state index contributed by atoms with van der Waals surface area (Å²) < 4.78 is 0. The fourth-order valence-corrected chi connectivity index (χ4v) is 1.48. The van der Waals surface area contributed by atoms with Crippen LogP contribution in [0.3, 0.4) is 0 Å². The topological polar surface area (TPSA) is 58.7 Å². The predicted molar refractivity (Wildman–Crippen MR) is 61.2 cm³/mol. The summed E-state index contributed by atoms with van der Waals surface area (Å²) in [6.07, 6.45) is 1.75. The second kappa shape index (κ2) is 4.79. The van der Waals surface area contributed by atoms with Crippen LogP contribution in [0.5, 0.6) is 0 Å². The van der Waals surface area contributed by atoms with Crippen molar-refractivity contribution in [2.75, 3.05) is 6.54 Å². The van der Waals surface area contributed by atoms with Crippen molar-refractivity contribution in [2.45, 2.75) is 5.92 Å². The Balaban J connectivity index is 0.00000112. The molecule has 1 aromatic carbocycles. The number of carbonyl (C=O) groups is 1. The van der Waals surface area contributed by atoms with Gasteiger partial charge in [-0.05, 0) is 5.56 Å². The molecule has 2 amide bonds. The van der Waals surface area contributed by atoms with E-state index in [1.54, 1.807) is 6.21 Å². The summed E-state index contributed by atoms with van der Waals surface area (Å²) in [6.45, 7) is 0.541. The number of nitrogens with two attached hydrogens (primary N) is 1. The van der Waals surface area contributed by atoms with Gasteiger partial charge in [-0.2, -0.15) is 5.10 Å². The first-order valence-electron chi connectivity index (χ1n) is 4.43. The molecule has 2 N–H and O–H groups in total. The Morgan fingerprint density at radius 2 is 2.07 bits per heavy atom. The summed E-state index contributed by atoms with van der Waals surface area (Å²) >= 11 is 0. The highest BCUT2D eigenvalue weighted by molar-refractivity contribution is 5.85. The lowest BCUT2D eigenvalue weighted by atomic mass is 10.0. The van der Waals surface area contributed by atoms with Gasteiger partial charge in [0.05, 0.1) is 6.54 Å². The summed E-state index contributed by atoms with van der Waals surface area (Å²) in [5, 5.41) is 5.20. The molecule has 1 unspecified atom stereocenters. The molecule has 1 aromatic rings. The summed E-state index contributed by atoms with van der Waals surface area (Å²) in [7, 11) is 0. The Morgan fingerprint density at radius 3 is 2.60 bits per heavy atom. The van der Waals surface area contributed by atoms with Crippen LogP contribution in [0.15, 0.2) is 35.4 Å². The number of halogens is 1. The molecule has 0 aromatic heterocycles. The first kappa shape index (κ1) is 11.5. The number of nitrogens with zero attached hydrogens (tertiary/aromatic N) is 2. The van der Waals surface area contributed by atoms with Gasteiger partial charge in [0.2, 0.25) is 0 Å². The third-order valence-corrected chi connectivity index (χ3v) is 2.24. The maximum atomic E-state index is 10.8. The molecule has 0 bridgehead atoms. The lowest BCUT2D eigenvalue weighted by Crippen LogP contribution is -2.30. The van der Waals surface area contributed by atoms with Crippen molar-refractivity contribution in [2.24, 2.45) is 10.8 Å². The van der Waals surface area contributed by atoms with Gasteiger partial charge < -0.3 is 5.73 Å². The number of hydrazone groups is 1. The molecule has 0 aliphatic carbocycles. The van der Waals surface area contributed by atoms with Crippen LogP contribution < -0.4 is 5.73 Å². The third-order valence-electron chi connectivity index (χ3n) is 2.24. The summed E-state index contributed by atoms with van der Waals surface area (Å²) in [4.78, 5) is 10.8. The van der Waals surface area contributed by atoms with Crippen LogP contribution in [0.25, 0.3) is 0 Å². The molecule has 1 aliphatic heterocycles. The van der Waals surface area contributed by atoms with Crippen LogP contribution >= 0.6 is 12.4 Å². The van der Waals surface area contributed by atoms with Crippen molar-refractivity contribution < 1.29 is 4.79 Å². The van der Waals surface area contributed by atoms with E-state index in [0.717, 1.165) is 5.56 Å². The molecule has 2 rings (SSSR count). The maximum absolute atomic E-state index is 10.8. The zero-order valence-corrected chi connectivity index (χ0v) is 8.85. The van der Waals surface area contributed by atoms with E-state index < -0.39 is 6.03 Å². The van der Waals surface area contributed by atoms with E-state index in [9.17, 15) is 4.79 Å². The van der Waals surface area contributed by atoms with Crippen molar-refractivity contribution in [3.05, 3.63) is 35.9 Å². The van der Waals surface area contributed by atoms with Crippen LogP contribution in [0.2, 0.25) is 0 Å². The summed E-state index contributed by atoms with van der Waals surface area (Å²) in [6, 6.07) is 9.43. The van der Waals surface area contributed by atoms with Crippen LogP contribution in [0.1, 0.15) is 11.5 Å². The number of primary amides is 1. The van der Waals surface area contributed by atoms with Crippen molar-refractivity contribution in [1.82, 2.24) is 5.01 Å². The van der Waals surface area contributed by atoms with Gasteiger partial charge in [-0.1, -0.05) is 30.3 Å². The average molecular weight is 226 g/mol. The Hall–Kier alpha value is -1.55. The van der Waals surface area contributed by atoms with Gasteiger partial charge in [-0.15, -0.1) is 12.4 Å². The second-order valence-corrected chi connectivity index (χ2v) is 3.20. The molecular formula is C10H12ClN3O. The van der Waals surface area contributed by atoms with Gasteiger partial charge in [0.1, 0.15) is 0 Å². The smallest absolute Gasteiger partial charge is 0.335 e. The minimum Gasteiger partial charge on any atom is -0.350 e. The SMILES string of the molecule is Cl.NC(=O)N1CC(c2ccccc2)C=N1. The Labute approximate surface area is 94.2 Å². The summed E-state index contributed by atoms with van der Waals surface area (Å²) in [5.74, 6) is 0.170. The van der Waals surface area contributed by atoms with Gasteiger partial charge in [-0.3, -0.25) is 0 Å². The molecule has 0 spiro atoms. The van der Waals surface area contributed by atoms with Gasteiger partial charge in [0, 0.05) is 12.1 Å². The van der Waals surface area contributed by atoms with E-state index in [-0.39, 0.29) is 18.3 Å². The minimum atomic E-state index is -0.500. The molecule has 0 saturated heterocycles. The number of hydrogen-bond acceptors (Lipinski definition) is 2. The second-order valence-electron chi connectivity index (χ2n) is 3.20. The molecule has 0 radical (unpaired) electrons. The monoisotopic (exact) mass is 225 g/mol. The largest absolute Gasteiger partial charge is 0.350 e. The van der Waals surface area contributed by atoms with Crippen LogP contribution in [0.4, 0.5) is 4.79 Å². The van der Waals surface area contributed by atoms with E-state index >= 15 is 0 Å². The van der Waals surface area contributed by atoms with Crippen molar-refractivity contribution in [3.8, 4) is 0 Å². The first-order valence-corrected chi connectivity index (χ1v) is 4.43. The fourth-order valence-electron chi connectivity index (χ4n) is 1.48. The molecule has 0 saturated carbocycles. The quantitative estimate of drug-likeness (QED) is 0.775. The van der Waals surface area contributed by atoms with Crippen molar-refractivity contribution >= 4 is 24.7 Å². The maximum Gasteiger partial charge on any atom is 0.335 e. The molecule has 15 heavy (non-hydrogen) atoms. The minimum absolute atomic E-state index is 0. The number of benzene rings is 1. The van der Waals surface area contributed by atoms with E-state index in [0.29, 0.717) is 6.54 Å². The van der Waals surface area contributed by atoms with E-state index in [2.05, 4.69) is 5.10 Å². The van der Waals surface area contributed by atoms with Crippen LogP contribution in [-0.2, 0) is 0 Å². The van der Waals surface area contributed by atoms with Crippen LogP contribution in [-0.4, -0.2) is 23.8 Å². The molecule has 0 fully saturated rings. The summed E-state index contributed by atoms with van der Waals surface area (Å²) in [5.41, 5.74) is 6.26. The average Bonchev–Trinajstić information content (AvgIpc) is 2.68. The van der Waals surface area contributed by atoms with Gasteiger partial charge >= 0.3 is 6.03 Å². The van der Waals surface area contributed by atoms with Gasteiger partial charge in [0.25, 0.3) is 0 Å². The molecule has 5 heteroatoms. The number of carbonyl (C=O) groups excluding carboxylic acids is 1. The predicted octanol–water partition coefficient (Wildman–Crippen LogP) is 1.57. The highest BCUT2D eigenvalue weighted by Crippen LogP contribution is 2.19. The first-order chi connectivity index (χ1) is 6.77. The molecule has 1 aliphatic rings. The van der Waals surface area contributed by atoms with E-state index in [1.165, 1.54) is 5.01 Å². The Morgan fingerprint density at radius 1 is 1.40 bits per heavy atom. The lowest BCUT2D eigenvalue weighted by molar-refractivity contribution is 0.214. The van der Waals surface area contributed by atoms with Gasteiger partial charge in [-0.25, -0.2) is 9.80 Å². The number of amides is 2. The third kappa shape index (κ3) is 2.47. The lowest BCUT2D eigenvalue weighted by Gasteiger charge is -2.10. The zero-order chi connectivity index (χ0) is 9.97. The van der Waals surface area contributed by atoms with Crippen molar-refractivity contribution in [1.29, 1.82) is 0 Å². The standard InChI is InChI=1S/C10H11N3O.ClH/c11-10(14)13-7-9(6-12-13)8-4-2-1-3-5-8;/h1-6,9H,7H2,(H2,11,14);1H. The highest BCUT2D eigenvalue weighted by Gasteiger charge is 2.21. The van der Waals surface area contributed by atoms with Gasteiger partial charge in [0.15, 0.2) is 0 Å². The Kier molecular flexibility index (Phi) is 3.68. The normalized spacial score (nSPS) is 18.7. The number of urea groups is 1. The zero-order valence-electron chi connectivity index (χ0n) is 8.04. The van der Waals surface area contributed by atoms with Crippen LogP contribution in [0, 0.1) is 0 Å². The number of hydrogen-bond donors (Lipinski definition) is 1. The fraction of sp³-hybridized carbons (Fsp3) is 0.200. The van der Waals surface area contributed by atoms with E-state index in [1.807, 2.05) is 30.3 Å². The molecule has 1 heterocycles. The van der Waals surface area contributed by atoms with Crippen molar-refractivity contribution in [3.63, 3.8) is 0 Å².